The normalized spacial score (nSPS) is 12.5. The molecule has 0 radical (unpaired) electrons. The van der Waals surface area contributed by atoms with Gasteiger partial charge in [-0.3, -0.25) is 4.79 Å². The summed E-state index contributed by atoms with van der Waals surface area (Å²) in [5, 5.41) is 8.67. The molecule has 2 atom stereocenters. The molecule has 0 bridgehead atoms. The molecule has 0 spiro atoms. The van der Waals surface area contributed by atoms with Gasteiger partial charge < -0.3 is 16.0 Å². The third-order valence-electron chi connectivity index (χ3n) is 4.29. The fourth-order valence-corrected chi connectivity index (χ4v) is 3.24. The maximum atomic E-state index is 12.7. The van der Waals surface area contributed by atoms with Crippen LogP contribution in [0, 0.1) is 0 Å². The maximum Gasteiger partial charge on any atom is 0.319 e. The van der Waals surface area contributed by atoms with E-state index in [9.17, 15) is 9.59 Å². The van der Waals surface area contributed by atoms with E-state index < -0.39 is 12.1 Å². The molecule has 0 aromatic heterocycles. The van der Waals surface area contributed by atoms with Crippen molar-refractivity contribution in [2.24, 2.45) is 0 Å². The van der Waals surface area contributed by atoms with E-state index >= 15 is 0 Å². The van der Waals surface area contributed by atoms with Crippen molar-refractivity contribution in [1.29, 1.82) is 0 Å². The molecule has 0 saturated heterocycles. The van der Waals surface area contributed by atoms with Crippen molar-refractivity contribution in [3.8, 4) is 0 Å². The summed E-state index contributed by atoms with van der Waals surface area (Å²) >= 11 is 3.38. The fourth-order valence-electron chi connectivity index (χ4n) is 2.98. The van der Waals surface area contributed by atoms with Crippen molar-refractivity contribution in [3.05, 3.63) is 101 Å². The number of urea groups is 1. The van der Waals surface area contributed by atoms with E-state index in [1.165, 1.54) is 0 Å². The smallest absolute Gasteiger partial charge is 0.319 e. The van der Waals surface area contributed by atoms with Gasteiger partial charge in [-0.25, -0.2) is 4.79 Å². The second-order valence-corrected chi connectivity index (χ2v) is 7.08. The van der Waals surface area contributed by atoms with E-state index in [2.05, 4.69) is 31.9 Å². The molecular formula is C22H20BrN3O2. The van der Waals surface area contributed by atoms with Crippen LogP contribution >= 0.6 is 15.9 Å². The molecule has 3 rings (SSSR count). The first-order valence-electron chi connectivity index (χ1n) is 8.80. The predicted molar refractivity (Wildman–Crippen MR) is 114 cm³/mol. The van der Waals surface area contributed by atoms with Crippen molar-refractivity contribution < 1.29 is 9.59 Å². The Kier molecular flexibility index (Phi) is 6.81. The summed E-state index contributed by atoms with van der Waals surface area (Å²) in [6.45, 7) is 0. The Hall–Kier alpha value is -3.12. The lowest BCUT2D eigenvalue weighted by atomic mass is 9.93. The quantitative estimate of drug-likeness (QED) is 0.464. The molecule has 3 aromatic rings. The van der Waals surface area contributed by atoms with Crippen molar-refractivity contribution in [2.75, 3.05) is 5.32 Å². The largest absolute Gasteiger partial charge is 0.349 e. The molecule has 6 heteroatoms. The van der Waals surface area contributed by atoms with Crippen LogP contribution in [0.15, 0.2) is 89.4 Å². The van der Waals surface area contributed by atoms with Crippen LogP contribution in [0.1, 0.15) is 23.2 Å². The molecule has 3 N–H and O–H groups in total. The minimum atomic E-state index is -0.454. The van der Waals surface area contributed by atoms with Gasteiger partial charge in [0.05, 0.1) is 12.1 Å². The zero-order valence-corrected chi connectivity index (χ0v) is 16.6. The van der Waals surface area contributed by atoms with Crippen molar-refractivity contribution in [2.45, 2.75) is 12.1 Å². The minimum absolute atomic E-state index is 0.357. The third-order valence-corrected chi connectivity index (χ3v) is 4.82. The van der Waals surface area contributed by atoms with Gasteiger partial charge in [-0.05, 0) is 35.4 Å². The monoisotopic (exact) mass is 437 g/mol. The average Bonchev–Trinajstić information content (AvgIpc) is 2.73. The first-order chi connectivity index (χ1) is 13.7. The highest BCUT2D eigenvalue weighted by molar-refractivity contribution is 9.10. The molecule has 0 aliphatic heterocycles. The lowest BCUT2D eigenvalue weighted by molar-refractivity contribution is -0.110. The molecule has 0 aliphatic carbocycles. The van der Waals surface area contributed by atoms with Crippen LogP contribution in [0.5, 0.6) is 0 Å². The molecule has 0 saturated carbocycles. The number of carbonyl (C=O) groups is 2. The maximum absolute atomic E-state index is 12.7. The SMILES string of the molecule is O=CN[C@H](c1ccccc1)[C@H](NC(=O)Nc1ccc(Br)cc1)c1ccccc1. The number of carbonyl (C=O) groups excluding carboxylic acids is 2. The van der Waals surface area contributed by atoms with Crippen molar-refractivity contribution >= 4 is 34.1 Å². The topological polar surface area (TPSA) is 70.2 Å². The van der Waals surface area contributed by atoms with Gasteiger partial charge in [0.15, 0.2) is 0 Å². The Morgan fingerprint density at radius 1 is 0.786 bits per heavy atom. The number of nitrogens with one attached hydrogen (secondary N) is 3. The molecular weight excluding hydrogens is 418 g/mol. The molecule has 0 aliphatic rings. The standard InChI is InChI=1S/C22H20BrN3O2/c23-18-11-13-19(14-12-18)25-22(28)26-21(17-9-5-2-6-10-17)20(24-15-27)16-7-3-1-4-8-16/h1-15,20-21H,(H,24,27)(H2,25,26,28)/t20-,21-/m1/s1. The van der Waals surface area contributed by atoms with E-state index in [1.54, 1.807) is 12.1 Å². The highest BCUT2D eigenvalue weighted by Crippen LogP contribution is 2.29. The van der Waals surface area contributed by atoms with Gasteiger partial charge in [-0.2, -0.15) is 0 Å². The number of hydrogen-bond donors (Lipinski definition) is 3. The van der Waals surface area contributed by atoms with Gasteiger partial charge in [-0.1, -0.05) is 76.6 Å². The summed E-state index contributed by atoms with van der Waals surface area (Å²) < 4.78 is 0.931. The van der Waals surface area contributed by atoms with E-state index in [0.717, 1.165) is 15.6 Å². The predicted octanol–water partition coefficient (Wildman–Crippen LogP) is 4.80. The number of halogens is 1. The number of hydrogen-bond acceptors (Lipinski definition) is 2. The van der Waals surface area contributed by atoms with Gasteiger partial charge in [0.1, 0.15) is 0 Å². The zero-order valence-electron chi connectivity index (χ0n) is 15.0. The summed E-state index contributed by atoms with van der Waals surface area (Å²) in [5.74, 6) is 0. The van der Waals surface area contributed by atoms with Gasteiger partial charge >= 0.3 is 6.03 Å². The number of amides is 3. The zero-order chi connectivity index (χ0) is 19.8. The van der Waals surface area contributed by atoms with E-state index in [-0.39, 0.29) is 6.03 Å². The van der Waals surface area contributed by atoms with Crippen LogP contribution in [-0.4, -0.2) is 12.4 Å². The Morgan fingerprint density at radius 2 is 1.32 bits per heavy atom. The molecule has 5 nitrogen and oxygen atoms in total. The highest BCUT2D eigenvalue weighted by Gasteiger charge is 2.26. The Labute approximate surface area is 172 Å². The van der Waals surface area contributed by atoms with Crippen LogP contribution in [0.3, 0.4) is 0 Å². The third kappa shape index (κ3) is 5.20. The molecule has 3 aromatic carbocycles. The molecule has 28 heavy (non-hydrogen) atoms. The minimum Gasteiger partial charge on any atom is -0.349 e. The first-order valence-corrected chi connectivity index (χ1v) is 9.59. The van der Waals surface area contributed by atoms with Gasteiger partial charge in [0, 0.05) is 10.2 Å². The lowest BCUT2D eigenvalue weighted by Gasteiger charge is -2.28. The van der Waals surface area contributed by atoms with Gasteiger partial charge in [0.2, 0.25) is 6.41 Å². The van der Waals surface area contributed by atoms with E-state index in [1.807, 2.05) is 72.8 Å². The summed E-state index contributed by atoms with van der Waals surface area (Å²) in [6, 6.07) is 25.2. The van der Waals surface area contributed by atoms with Crippen molar-refractivity contribution in [1.82, 2.24) is 10.6 Å². The van der Waals surface area contributed by atoms with Crippen LogP contribution < -0.4 is 16.0 Å². The number of rotatable bonds is 7. The summed E-state index contributed by atoms with van der Waals surface area (Å²) in [6.07, 6.45) is 0.655. The highest BCUT2D eigenvalue weighted by atomic mass is 79.9. The Bertz CT molecular complexity index is 902. The van der Waals surface area contributed by atoms with Gasteiger partial charge in [0.25, 0.3) is 0 Å². The lowest BCUT2D eigenvalue weighted by Crippen LogP contribution is -2.40. The summed E-state index contributed by atoms with van der Waals surface area (Å²) in [7, 11) is 0. The second-order valence-electron chi connectivity index (χ2n) is 6.17. The molecule has 0 unspecified atom stereocenters. The van der Waals surface area contributed by atoms with Crippen LogP contribution in [0.4, 0.5) is 10.5 Å². The molecule has 142 valence electrons. The second kappa shape index (κ2) is 9.71. The average molecular weight is 438 g/mol. The summed E-state index contributed by atoms with van der Waals surface area (Å²) in [4.78, 5) is 24.0. The Balaban J connectivity index is 1.87. The van der Waals surface area contributed by atoms with Crippen LogP contribution in [-0.2, 0) is 4.79 Å². The van der Waals surface area contributed by atoms with Gasteiger partial charge in [-0.15, -0.1) is 0 Å². The van der Waals surface area contributed by atoms with Crippen LogP contribution in [0.2, 0.25) is 0 Å². The van der Waals surface area contributed by atoms with E-state index in [0.29, 0.717) is 12.1 Å². The summed E-state index contributed by atoms with van der Waals surface area (Å²) in [5.41, 5.74) is 2.45. The molecule has 0 heterocycles. The van der Waals surface area contributed by atoms with Crippen molar-refractivity contribution in [3.63, 3.8) is 0 Å². The number of benzene rings is 3. The Morgan fingerprint density at radius 3 is 1.86 bits per heavy atom. The number of anilines is 1. The molecule has 0 fully saturated rings. The van der Waals surface area contributed by atoms with Crippen LogP contribution in [0.25, 0.3) is 0 Å². The first kappa shape index (κ1) is 19.6. The molecule has 3 amide bonds. The fraction of sp³-hybridized carbons (Fsp3) is 0.0909. The van der Waals surface area contributed by atoms with E-state index in [4.69, 9.17) is 0 Å².